The van der Waals surface area contributed by atoms with Crippen molar-refractivity contribution in [3.63, 3.8) is 0 Å². The van der Waals surface area contributed by atoms with Crippen LogP contribution in [0.4, 0.5) is 4.79 Å². The van der Waals surface area contributed by atoms with Crippen molar-refractivity contribution >= 4 is 23.8 Å². The van der Waals surface area contributed by atoms with E-state index >= 15 is 0 Å². The summed E-state index contributed by atoms with van der Waals surface area (Å²) in [6, 6.07) is 7.80. The molecule has 144 valence electrons. The standard InChI is InChI=1S/C18H22N4O4S/c1-3-25-18(24)22-9-7-21(8-10-22)15(23)12-27-17-20-19-16(26-17)14-6-4-5-13(2)11-14/h4-6,11H,3,7-10,12H2,1-2H3. The molecule has 1 aromatic carbocycles. The zero-order valence-electron chi connectivity index (χ0n) is 15.4. The number of thioether (sulfide) groups is 1. The molecule has 2 heterocycles. The average Bonchev–Trinajstić information content (AvgIpc) is 3.15. The van der Waals surface area contributed by atoms with E-state index in [9.17, 15) is 9.59 Å². The number of carbonyl (C=O) groups is 2. The highest BCUT2D eigenvalue weighted by Gasteiger charge is 2.25. The lowest BCUT2D eigenvalue weighted by Crippen LogP contribution is -2.51. The van der Waals surface area contributed by atoms with Crippen LogP contribution in [0.1, 0.15) is 12.5 Å². The molecule has 1 fully saturated rings. The molecular weight excluding hydrogens is 368 g/mol. The number of rotatable bonds is 5. The monoisotopic (exact) mass is 390 g/mol. The number of ether oxygens (including phenoxy) is 1. The molecule has 0 atom stereocenters. The zero-order chi connectivity index (χ0) is 19.2. The van der Waals surface area contributed by atoms with Gasteiger partial charge in [0.2, 0.25) is 11.8 Å². The molecule has 1 aromatic heterocycles. The van der Waals surface area contributed by atoms with Gasteiger partial charge in [0.05, 0.1) is 12.4 Å². The van der Waals surface area contributed by atoms with Crippen molar-refractivity contribution in [1.29, 1.82) is 0 Å². The summed E-state index contributed by atoms with van der Waals surface area (Å²) in [5.41, 5.74) is 1.97. The Labute approximate surface area is 161 Å². The summed E-state index contributed by atoms with van der Waals surface area (Å²) < 4.78 is 10.6. The van der Waals surface area contributed by atoms with Gasteiger partial charge in [0.25, 0.3) is 5.22 Å². The lowest BCUT2D eigenvalue weighted by atomic mass is 10.1. The number of carbonyl (C=O) groups excluding carboxylic acids is 2. The summed E-state index contributed by atoms with van der Waals surface area (Å²) >= 11 is 1.22. The first-order valence-electron chi connectivity index (χ1n) is 8.79. The fourth-order valence-electron chi connectivity index (χ4n) is 2.73. The largest absolute Gasteiger partial charge is 0.450 e. The van der Waals surface area contributed by atoms with Crippen molar-refractivity contribution < 1.29 is 18.7 Å². The Kier molecular flexibility index (Phi) is 6.33. The van der Waals surface area contributed by atoms with Gasteiger partial charge in [-0.15, -0.1) is 10.2 Å². The third-order valence-corrected chi connectivity index (χ3v) is 4.95. The van der Waals surface area contributed by atoms with E-state index in [-0.39, 0.29) is 17.8 Å². The third-order valence-electron chi connectivity index (χ3n) is 4.15. The van der Waals surface area contributed by atoms with Gasteiger partial charge in [-0.25, -0.2) is 4.79 Å². The Hall–Kier alpha value is -2.55. The van der Waals surface area contributed by atoms with Crippen molar-refractivity contribution in [2.45, 2.75) is 19.1 Å². The Bertz CT molecular complexity index is 802. The maximum atomic E-state index is 12.4. The molecule has 2 aromatic rings. The Balaban J connectivity index is 1.48. The van der Waals surface area contributed by atoms with Crippen LogP contribution in [-0.2, 0) is 9.53 Å². The van der Waals surface area contributed by atoms with Crippen LogP contribution in [0.15, 0.2) is 33.9 Å². The number of hydrogen-bond acceptors (Lipinski definition) is 7. The summed E-state index contributed by atoms with van der Waals surface area (Å²) in [6.45, 7) is 6.07. The van der Waals surface area contributed by atoms with Crippen LogP contribution in [-0.4, -0.2) is 70.5 Å². The molecule has 0 saturated carbocycles. The first kappa shape index (κ1) is 19.2. The highest BCUT2D eigenvalue weighted by molar-refractivity contribution is 7.99. The van der Waals surface area contributed by atoms with Crippen LogP contribution in [0, 0.1) is 6.92 Å². The number of amides is 2. The highest BCUT2D eigenvalue weighted by atomic mass is 32.2. The molecule has 0 radical (unpaired) electrons. The van der Waals surface area contributed by atoms with E-state index in [1.54, 1.807) is 16.7 Å². The van der Waals surface area contributed by atoms with Crippen LogP contribution < -0.4 is 0 Å². The summed E-state index contributed by atoms with van der Waals surface area (Å²) in [5, 5.41) is 8.41. The summed E-state index contributed by atoms with van der Waals surface area (Å²) in [7, 11) is 0. The van der Waals surface area contributed by atoms with E-state index in [1.165, 1.54) is 11.8 Å². The van der Waals surface area contributed by atoms with Gasteiger partial charge in [-0.1, -0.05) is 29.5 Å². The fourth-order valence-corrected chi connectivity index (χ4v) is 3.40. The van der Waals surface area contributed by atoms with Crippen LogP contribution in [0.5, 0.6) is 0 Å². The van der Waals surface area contributed by atoms with Gasteiger partial charge in [0.1, 0.15) is 0 Å². The van der Waals surface area contributed by atoms with Gasteiger partial charge in [-0.2, -0.15) is 0 Å². The van der Waals surface area contributed by atoms with Gasteiger partial charge in [-0.3, -0.25) is 4.79 Å². The third kappa shape index (κ3) is 5.00. The molecular formula is C18H22N4O4S. The van der Waals surface area contributed by atoms with Crippen LogP contribution in [0.25, 0.3) is 11.5 Å². The van der Waals surface area contributed by atoms with E-state index in [0.717, 1.165) is 11.1 Å². The van der Waals surface area contributed by atoms with E-state index in [4.69, 9.17) is 9.15 Å². The SMILES string of the molecule is CCOC(=O)N1CCN(C(=O)CSc2nnc(-c3cccc(C)c3)o2)CC1. The molecule has 27 heavy (non-hydrogen) atoms. The molecule has 2 amide bonds. The Morgan fingerprint density at radius 2 is 1.93 bits per heavy atom. The molecule has 9 heteroatoms. The average molecular weight is 390 g/mol. The minimum Gasteiger partial charge on any atom is -0.450 e. The lowest BCUT2D eigenvalue weighted by molar-refractivity contribution is -0.129. The molecule has 1 saturated heterocycles. The number of hydrogen-bond donors (Lipinski definition) is 0. The fraction of sp³-hybridized carbons (Fsp3) is 0.444. The molecule has 0 N–H and O–H groups in total. The predicted octanol–water partition coefficient (Wildman–Crippen LogP) is 2.44. The van der Waals surface area contributed by atoms with E-state index < -0.39 is 0 Å². The van der Waals surface area contributed by atoms with Crippen LogP contribution in [0.2, 0.25) is 0 Å². The van der Waals surface area contributed by atoms with E-state index in [2.05, 4.69) is 10.2 Å². The summed E-state index contributed by atoms with van der Waals surface area (Å²) in [5.74, 6) is 0.644. The van der Waals surface area contributed by atoms with Crippen molar-refractivity contribution in [3.05, 3.63) is 29.8 Å². The first-order valence-corrected chi connectivity index (χ1v) is 9.78. The minimum absolute atomic E-state index is 0.0150. The molecule has 3 rings (SSSR count). The van der Waals surface area contributed by atoms with Crippen molar-refractivity contribution in [2.24, 2.45) is 0 Å². The molecule has 0 spiro atoms. The number of aryl methyl sites for hydroxylation is 1. The zero-order valence-corrected chi connectivity index (χ0v) is 16.2. The predicted molar refractivity (Wildman–Crippen MR) is 100 cm³/mol. The van der Waals surface area contributed by atoms with Crippen molar-refractivity contribution in [1.82, 2.24) is 20.0 Å². The Morgan fingerprint density at radius 1 is 1.19 bits per heavy atom. The molecule has 0 unspecified atom stereocenters. The van der Waals surface area contributed by atoms with Gasteiger partial charge < -0.3 is 19.0 Å². The van der Waals surface area contributed by atoms with Crippen LogP contribution in [0.3, 0.4) is 0 Å². The second kappa shape index (κ2) is 8.90. The van der Waals surface area contributed by atoms with Crippen LogP contribution >= 0.6 is 11.8 Å². The summed E-state index contributed by atoms with van der Waals surface area (Å²) in [4.78, 5) is 27.4. The van der Waals surface area contributed by atoms with Gasteiger partial charge in [0, 0.05) is 31.7 Å². The highest BCUT2D eigenvalue weighted by Crippen LogP contribution is 2.24. The van der Waals surface area contributed by atoms with Crippen molar-refractivity contribution in [2.75, 3.05) is 38.5 Å². The quantitative estimate of drug-likeness (QED) is 0.725. The second-order valence-electron chi connectivity index (χ2n) is 6.10. The van der Waals surface area contributed by atoms with Gasteiger partial charge >= 0.3 is 6.09 Å². The maximum absolute atomic E-state index is 12.4. The minimum atomic E-state index is -0.325. The second-order valence-corrected chi connectivity index (χ2v) is 7.02. The molecule has 1 aliphatic rings. The molecule has 0 aliphatic carbocycles. The molecule has 8 nitrogen and oxygen atoms in total. The van der Waals surface area contributed by atoms with Crippen molar-refractivity contribution in [3.8, 4) is 11.5 Å². The van der Waals surface area contributed by atoms with Gasteiger partial charge in [-0.05, 0) is 26.0 Å². The molecule has 1 aliphatic heterocycles. The van der Waals surface area contributed by atoms with Gasteiger partial charge in [0.15, 0.2) is 0 Å². The molecule has 0 bridgehead atoms. The smallest absolute Gasteiger partial charge is 0.409 e. The summed E-state index contributed by atoms with van der Waals surface area (Å²) in [6.07, 6.45) is -0.325. The van der Waals surface area contributed by atoms with E-state index in [1.807, 2.05) is 31.2 Å². The maximum Gasteiger partial charge on any atom is 0.409 e. The first-order chi connectivity index (χ1) is 13.1. The normalized spacial score (nSPS) is 14.3. The number of nitrogens with zero attached hydrogens (tertiary/aromatic N) is 4. The number of benzene rings is 1. The lowest BCUT2D eigenvalue weighted by Gasteiger charge is -2.33. The number of aromatic nitrogens is 2. The van der Waals surface area contributed by atoms with E-state index in [0.29, 0.717) is 43.9 Å². The Morgan fingerprint density at radius 3 is 2.63 bits per heavy atom. The topological polar surface area (TPSA) is 88.8 Å². The number of piperazine rings is 1.